The molecule has 1 heterocycles. The van der Waals surface area contributed by atoms with Crippen LogP contribution in [0.15, 0.2) is 36.7 Å². The van der Waals surface area contributed by atoms with Crippen molar-refractivity contribution in [2.45, 2.75) is 26.3 Å². The minimum Gasteiger partial charge on any atom is -0.406 e. The average molecular weight is 297 g/mol. The molecule has 0 aliphatic carbocycles. The molecule has 1 aromatic carbocycles. The fraction of sp³-hybridized carbons (Fsp3) is 0.286. The minimum atomic E-state index is -4.68. The monoisotopic (exact) mass is 297 g/mol. The largest absolute Gasteiger partial charge is 0.573 e. The zero-order valence-electron chi connectivity index (χ0n) is 11.5. The van der Waals surface area contributed by atoms with Gasteiger partial charge in [-0.15, -0.1) is 13.2 Å². The SMILES string of the molecule is Cc1cc(N[C@@H](C)c2ccc(OC(F)(F)F)cc2)ncn1. The molecule has 112 valence electrons. The Balaban J connectivity index is 2.04. The molecule has 1 N–H and O–H groups in total. The normalized spacial score (nSPS) is 12.8. The predicted molar refractivity (Wildman–Crippen MR) is 71.9 cm³/mol. The summed E-state index contributed by atoms with van der Waals surface area (Å²) in [6, 6.07) is 7.40. The van der Waals surface area contributed by atoms with E-state index in [4.69, 9.17) is 0 Å². The van der Waals surface area contributed by atoms with Crippen LogP contribution in [0.3, 0.4) is 0 Å². The number of nitrogens with zero attached hydrogens (tertiary/aromatic N) is 2. The van der Waals surface area contributed by atoms with Gasteiger partial charge in [0.05, 0.1) is 0 Å². The van der Waals surface area contributed by atoms with Gasteiger partial charge in [-0.05, 0) is 31.5 Å². The fourth-order valence-electron chi connectivity index (χ4n) is 1.80. The number of hydrogen-bond donors (Lipinski definition) is 1. The van der Waals surface area contributed by atoms with Gasteiger partial charge >= 0.3 is 6.36 Å². The van der Waals surface area contributed by atoms with Crippen LogP contribution in [0.5, 0.6) is 5.75 Å². The molecule has 0 fully saturated rings. The molecule has 0 unspecified atom stereocenters. The van der Waals surface area contributed by atoms with Crippen molar-refractivity contribution in [2.24, 2.45) is 0 Å². The summed E-state index contributed by atoms with van der Waals surface area (Å²) >= 11 is 0. The Kier molecular flexibility index (Phi) is 4.30. The van der Waals surface area contributed by atoms with Crippen molar-refractivity contribution in [1.29, 1.82) is 0 Å². The molecule has 0 amide bonds. The highest BCUT2D eigenvalue weighted by atomic mass is 19.4. The third-order valence-electron chi connectivity index (χ3n) is 2.78. The van der Waals surface area contributed by atoms with Gasteiger partial charge in [-0.1, -0.05) is 12.1 Å². The smallest absolute Gasteiger partial charge is 0.406 e. The molecule has 0 saturated heterocycles. The van der Waals surface area contributed by atoms with Crippen LogP contribution in [-0.4, -0.2) is 16.3 Å². The van der Waals surface area contributed by atoms with Crippen LogP contribution in [0.25, 0.3) is 0 Å². The fourth-order valence-corrected chi connectivity index (χ4v) is 1.80. The van der Waals surface area contributed by atoms with Crippen molar-refractivity contribution in [1.82, 2.24) is 9.97 Å². The first-order valence-electron chi connectivity index (χ1n) is 6.24. The molecule has 1 aromatic heterocycles. The lowest BCUT2D eigenvalue weighted by Crippen LogP contribution is -2.17. The number of nitrogens with one attached hydrogen (secondary N) is 1. The summed E-state index contributed by atoms with van der Waals surface area (Å²) in [5.41, 5.74) is 1.65. The van der Waals surface area contributed by atoms with E-state index in [1.165, 1.54) is 18.5 Å². The summed E-state index contributed by atoms with van der Waals surface area (Å²) < 4.78 is 40.1. The standard InChI is InChI=1S/C14H14F3N3O/c1-9-7-13(19-8-18-9)20-10(2)11-3-5-12(6-4-11)21-14(15,16)17/h3-8,10H,1-2H3,(H,18,19,20)/t10-/m0/s1. The second-order valence-corrected chi connectivity index (χ2v) is 4.53. The second-order valence-electron chi connectivity index (χ2n) is 4.53. The number of anilines is 1. The van der Waals surface area contributed by atoms with Crippen molar-refractivity contribution in [3.63, 3.8) is 0 Å². The Morgan fingerprint density at radius 1 is 1.14 bits per heavy atom. The Bertz CT molecular complexity index is 599. The van der Waals surface area contributed by atoms with Gasteiger partial charge in [0.15, 0.2) is 0 Å². The quantitative estimate of drug-likeness (QED) is 0.931. The molecule has 4 nitrogen and oxygen atoms in total. The lowest BCUT2D eigenvalue weighted by atomic mass is 10.1. The Hall–Kier alpha value is -2.31. The van der Waals surface area contributed by atoms with Crippen molar-refractivity contribution >= 4 is 5.82 Å². The molecule has 0 saturated carbocycles. The Labute approximate surface area is 120 Å². The zero-order valence-corrected chi connectivity index (χ0v) is 11.5. The lowest BCUT2D eigenvalue weighted by molar-refractivity contribution is -0.274. The summed E-state index contributed by atoms with van der Waals surface area (Å²) in [4.78, 5) is 8.07. The topological polar surface area (TPSA) is 47.0 Å². The lowest BCUT2D eigenvalue weighted by Gasteiger charge is -2.16. The molecule has 2 aromatic rings. The van der Waals surface area contributed by atoms with E-state index >= 15 is 0 Å². The summed E-state index contributed by atoms with van der Waals surface area (Å²) in [6.45, 7) is 3.73. The molecule has 0 bridgehead atoms. The molecule has 1 atom stereocenters. The van der Waals surface area contributed by atoms with E-state index in [0.717, 1.165) is 11.3 Å². The summed E-state index contributed by atoms with van der Waals surface area (Å²) in [5.74, 6) is 0.418. The van der Waals surface area contributed by atoms with Crippen molar-refractivity contribution in [3.05, 3.63) is 47.9 Å². The predicted octanol–water partition coefficient (Wildman–Crippen LogP) is 3.86. The van der Waals surface area contributed by atoms with E-state index in [1.807, 2.05) is 13.8 Å². The molecule has 0 spiro atoms. The molecule has 21 heavy (non-hydrogen) atoms. The molecule has 0 aliphatic heterocycles. The van der Waals surface area contributed by atoms with Crippen LogP contribution in [0.4, 0.5) is 19.0 Å². The maximum atomic E-state index is 12.1. The van der Waals surface area contributed by atoms with E-state index in [1.54, 1.807) is 18.2 Å². The molecular weight excluding hydrogens is 283 g/mol. The molecule has 0 aliphatic rings. The first-order chi connectivity index (χ1) is 9.83. The number of rotatable bonds is 4. The van der Waals surface area contributed by atoms with E-state index in [9.17, 15) is 13.2 Å². The van der Waals surface area contributed by atoms with Gasteiger partial charge in [-0.2, -0.15) is 0 Å². The van der Waals surface area contributed by atoms with Gasteiger partial charge in [0.2, 0.25) is 0 Å². The minimum absolute atomic E-state index is 0.112. The van der Waals surface area contributed by atoms with Gasteiger partial charge in [0, 0.05) is 17.8 Å². The number of ether oxygens (including phenoxy) is 1. The number of hydrogen-bond acceptors (Lipinski definition) is 4. The number of halogens is 3. The van der Waals surface area contributed by atoms with E-state index in [2.05, 4.69) is 20.0 Å². The highest BCUT2D eigenvalue weighted by Gasteiger charge is 2.30. The van der Waals surface area contributed by atoms with Gasteiger partial charge < -0.3 is 10.1 Å². The van der Waals surface area contributed by atoms with Gasteiger partial charge in [-0.3, -0.25) is 0 Å². The van der Waals surface area contributed by atoms with Crippen molar-refractivity contribution in [2.75, 3.05) is 5.32 Å². The maximum Gasteiger partial charge on any atom is 0.573 e. The van der Waals surface area contributed by atoms with Crippen LogP contribution in [0.1, 0.15) is 24.2 Å². The average Bonchev–Trinajstić information content (AvgIpc) is 2.37. The van der Waals surface area contributed by atoms with Crippen molar-refractivity contribution < 1.29 is 17.9 Å². The highest BCUT2D eigenvalue weighted by Crippen LogP contribution is 2.25. The van der Waals surface area contributed by atoms with Crippen LogP contribution >= 0.6 is 0 Å². The van der Waals surface area contributed by atoms with Gasteiger partial charge in [0.1, 0.15) is 17.9 Å². The van der Waals surface area contributed by atoms with E-state index < -0.39 is 6.36 Å². The Morgan fingerprint density at radius 3 is 2.38 bits per heavy atom. The Morgan fingerprint density at radius 2 is 1.81 bits per heavy atom. The second kappa shape index (κ2) is 5.99. The van der Waals surface area contributed by atoms with Crippen LogP contribution in [0, 0.1) is 6.92 Å². The first kappa shape index (κ1) is 15.1. The number of benzene rings is 1. The van der Waals surface area contributed by atoms with Crippen LogP contribution < -0.4 is 10.1 Å². The maximum absolute atomic E-state index is 12.1. The van der Waals surface area contributed by atoms with Crippen molar-refractivity contribution in [3.8, 4) is 5.75 Å². The zero-order chi connectivity index (χ0) is 15.5. The first-order valence-corrected chi connectivity index (χ1v) is 6.24. The van der Waals surface area contributed by atoms with Gasteiger partial charge in [0.25, 0.3) is 0 Å². The summed E-state index contributed by atoms with van der Waals surface area (Å²) in [7, 11) is 0. The summed E-state index contributed by atoms with van der Waals surface area (Å²) in [5, 5.41) is 3.15. The molecule has 2 rings (SSSR count). The number of aryl methyl sites for hydroxylation is 1. The molecule has 7 heteroatoms. The number of alkyl halides is 3. The number of aromatic nitrogens is 2. The highest BCUT2D eigenvalue weighted by molar-refractivity contribution is 5.39. The third-order valence-corrected chi connectivity index (χ3v) is 2.78. The van der Waals surface area contributed by atoms with Crippen LogP contribution in [-0.2, 0) is 0 Å². The third kappa shape index (κ3) is 4.62. The van der Waals surface area contributed by atoms with E-state index in [0.29, 0.717) is 5.82 Å². The van der Waals surface area contributed by atoms with Gasteiger partial charge in [-0.25, -0.2) is 9.97 Å². The van der Waals surface area contributed by atoms with Crippen LogP contribution in [0.2, 0.25) is 0 Å². The van der Waals surface area contributed by atoms with E-state index in [-0.39, 0.29) is 11.8 Å². The summed E-state index contributed by atoms with van der Waals surface area (Å²) in [6.07, 6.45) is -3.23. The molecular formula is C14H14F3N3O. The molecule has 0 radical (unpaired) electrons.